The molecule has 1 aromatic heterocycles. The Morgan fingerprint density at radius 2 is 1.58 bits per heavy atom. The number of aryl methyl sites for hydroxylation is 1. The molecular weight excluding hydrogens is 318 g/mol. The molecule has 3 aromatic rings. The summed E-state index contributed by atoms with van der Waals surface area (Å²) < 4.78 is 2.27. The van der Waals surface area contributed by atoms with Crippen LogP contribution in [0.2, 0.25) is 0 Å². The lowest BCUT2D eigenvalue weighted by Crippen LogP contribution is -2.11. The molecule has 0 bridgehead atoms. The van der Waals surface area contributed by atoms with E-state index in [1.54, 1.807) is 0 Å². The average Bonchev–Trinajstić information content (AvgIpc) is 2.89. The van der Waals surface area contributed by atoms with E-state index in [0.717, 1.165) is 11.3 Å². The maximum Gasteiger partial charge on any atom is 0.0562 e. The van der Waals surface area contributed by atoms with Gasteiger partial charge in [0.15, 0.2) is 0 Å². The second-order valence-corrected chi connectivity index (χ2v) is 7.69. The molecule has 0 saturated heterocycles. The molecule has 0 saturated carbocycles. The number of nitrogens with zero attached hydrogens (tertiary/aromatic N) is 2. The number of hydrazone groups is 1. The van der Waals surface area contributed by atoms with Gasteiger partial charge in [-0.15, -0.1) is 0 Å². The van der Waals surface area contributed by atoms with E-state index in [-0.39, 0.29) is 5.41 Å². The fraction of sp³-hybridized carbons (Fsp3) is 0.261. The number of aromatic nitrogens is 1. The van der Waals surface area contributed by atoms with Crippen molar-refractivity contribution in [3.05, 3.63) is 83.2 Å². The highest BCUT2D eigenvalue weighted by Gasteiger charge is 2.14. The lowest BCUT2D eigenvalue weighted by Gasteiger charge is -2.20. The summed E-state index contributed by atoms with van der Waals surface area (Å²) in [6.07, 6.45) is 1.88. The van der Waals surface area contributed by atoms with Crippen molar-refractivity contribution in [2.24, 2.45) is 5.10 Å². The molecule has 1 N–H and O–H groups in total. The summed E-state index contributed by atoms with van der Waals surface area (Å²) in [4.78, 5) is 0. The van der Waals surface area contributed by atoms with E-state index < -0.39 is 0 Å². The fourth-order valence-electron chi connectivity index (χ4n) is 3.12. The van der Waals surface area contributed by atoms with Crippen molar-refractivity contribution < 1.29 is 0 Å². The van der Waals surface area contributed by atoms with Crippen molar-refractivity contribution in [2.45, 2.75) is 40.0 Å². The highest BCUT2D eigenvalue weighted by molar-refractivity contribution is 5.82. The molecule has 134 valence electrons. The number of anilines is 1. The number of benzene rings is 2. The van der Waals surface area contributed by atoms with Gasteiger partial charge in [-0.3, -0.25) is 5.43 Å². The molecule has 0 aliphatic carbocycles. The zero-order chi connectivity index (χ0) is 18.7. The predicted molar refractivity (Wildman–Crippen MR) is 112 cm³/mol. The van der Waals surface area contributed by atoms with E-state index >= 15 is 0 Å². The smallest absolute Gasteiger partial charge is 0.0562 e. The summed E-state index contributed by atoms with van der Waals surface area (Å²) in [5.74, 6) is 0. The van der Waals surface area contributed by atoms with Crippen LogP contribution in [-0.4, -0.2) is 10.8 Å². The van der Waals surface area contributed by atoms with Gasteiger partial charge in [-0.25, -0.2) is 0 Å². The number of nitrogens with one attached hydrogen (secondary N) is 1. The van der Waals surface area contributed by atoms with E-state index in [2.05, 4.69) is 80.0 Å². The highest BCUT2D eigenvalue weighted by atomic mass is 15.3. The summed E-state index contributed by atoms with van der Waals surface area (Å²) in [7, 11) is 0. The molecule has 2 aromatic carbocycles. The van der Waals surface area contributed by atoms with Crippen LogP contribution in [0.5, 0.6) is 0 Å². The van der Waals surface area contributed by atoms with Crippen LogP contribution in [0, 0.1) is 13.8 Å². The third-order valence-corrected chi connectivity index (χ3v) is 4.63. The Balaban J connectivity index is 1.84. The SMILES string of the molecule is Cc1cc(/C=N\Nc2ccccc2)c(C)n1-c1ccc(C(C)(C)C)cc1. The van der Waals surface area contributed by atoms with E-state index in [9.17, 15) is 0 Å². The summed E-state index contributed by atoms with van der Waals surface area (Å²) in [5.41, 5.74) is 10.3. The van der Waals surface area contributed by atoms with Crippen LogP contribution in [0.25, 0.3) is 5.69 Å². The normalized spacial score (nSPS) is 11.9. The Labute approximate surface area is 156 Å². The van der Waals surface area contributed by atoms with Gasteiger partial charge in [0, 0.05) is 22.6 Å². The van der Waals surface area contributed by atoms with Gasteiger partial charge < -0.3 is 4.57 Å². The molecule has 0 aliphatic rings. The van der Waals surface area contributed by atoms with Crippen LogP contribution >= 0.6 is 0 Å². The molecular formula is C23H27N3. The van der Waals surface area contributed by atoms with Gasteiger partial charge in [-0.1, -0.05) is 51.1 Å². The molecule has 0 unspecified atom stereocenters. The first-order valence-corrected chi connectivity index (χ1v) is 9.00. The van der Waals surface area contributed by atoms with Gasteiger partial charge in [0.25, 0.3) is 0 Å². The largest absolute Gasteiger partial charge is 0.318 e. The van der Waals surface area contributed by atoms with Crippen LogP contribution in [0.4, 0.5) is 5.69 Å². The zero-order valence-corrected chi connectivity index (χ0v) is 16.2. The second kappa shape index (κ2) is 7.20. The van der Waals surface area contributed by atoms with E-state index in [0.29, 0.717) is 0 Å². The van der Waals surface area contributed by atoms with Crippen molar-refractivity contribution in [1.82, 2.24) is 4.57 Å². The molecule has 1 heterocycles. The summed E-state index contributed by atoms with van der Waals surface area (Å²) in [6, 6.07) is 21.0. The molecule has 26 heavy (non-hydrogen) atoms. The fourth-order valence-corrected chi connectivity index (χ4v) is 3.12. The number of para-hydroxylation sites is 1. The number of hydrogen-bond donors (Lipinski definition) is 1. The van der Waals surface area contributed by atoms with Crippen LogP contribution in [0.15, 0.2) is 65.8 Å². The molecule has 0 amide bonds. The summed E-state index contributed by atoms with van der Waals surface area (Å²) in [5, 5.41) is 4.38. The molecule has 3 nitrogen and oxygen atoms in total. The van der Waals surface area contributed by atoms with E-state index in [4.69, 9.17) is 0 Å². The third-order valence-electron chi connectivity index (χ3n) is 4.63. The minimum Gasteiger partial charge on any atom is -0.318 e. The number of hydrogen-bond acceptors (Lipinski definition) is 2. The Kier molecular flexibility index (Phi) is 4.99. The standard InChI is InChI=1S/C23H27N3/c1-17-15-19(16-24-25-21-9-7-6-8-10-21)18(2)26(17)22-13-11-20(12-14-22)23(3,4)5/h6-16,25H,1-5H3/b24-16-. The minimum atomic E-state index is 0.167. The molecule has 3 heteroatoms. The second-order valence-electron chi connectivity index (χ2n) is 7.69. The lowest BCUT2D eigenvalue weighted by atomic mass is 9.87. The van der Waals surface area contributed by atoms with Gasteiger partial charge in [-0.2, -0.15) is 5.10 Å². The first-order valence-electron chi connectivity index (χ1n) is 9.00. The predicted octanol–water partition coefficient (Wildman–Crippen LogP) is 5.84. The van der Waals surface area contributed by atoms with Gasteiger partial charge in [0.05, 0.1) is 11.9 Å². The first-order chi connectivity index (χ1) is 12.4. The average molecular weight is 345 g/mol. The van der Waals surface area contributed by atoms with Crippen molar-refractivity contribution in [3.8, 4) is 5.69 Å². The maximum atomic E-state index is 4.38. The Hall–Kier alpha value is -2.81. The van der Waals surface area contributed by atoms with Crippen molar-refractivity contribution in [1.29, 1.82) is 0 Å². The molecule has 0 spiro atoms. The van der Waals surface area contributed by atoms with Crippen LogP contribution in [0.3, 0.4) is 0 Å². The third kappa shape index (κ3) is 3.88. The topological polar surface area (TPSA) is 29.3 Å². The molecule has 0 fully saturated rings. The van der Waals surface area contributed by atoms with Crippen LogP contribution in [-0.2, 0) is 5.41 Å². The van der Waals surface area contributed by atoms with Gasteiger partial charge in [0.2, 0.25) is 0 Å². The van der Waals surface area contributed by atoms with Crippen LogP contribution < -0.4 is 5.43 Å². The Morgan fingerprint density at radius 3 is 2.19 bits per heavy atom. The molecule has 0 atom stereocenters. The van der Waals surface area contributed by atoms with Gasteiger partial charge in [0.1, 0.15) is 0 Å². The monoisotopic (exact) mass is 345 g/mol. The van der Waals surface area contributed by atoms with Crippen molar-refractivity contribution in [2.75, 3.05) is 5.43 Å². The highest BCUT2D eigenvalue weighted by Crippen LogP contribution is 2.25. The molecule has 3 rings (SSSR count). The van der Waals surface area contributed by atoms with E-state index in [1.807, 2.05) is 36.5 Å². The summed E-state index contributed by atoms with van der Waals surface area (Å²) in [6.45, 7) is 11.0. The van der Waals surface area contributed by atoms with E-state index in [1.165, 1.54) is 22.6 Å². The summed E-state index contributed by atoms with van der Waals surface area (Å²) >= 11 is 0. The Bertz CT molecular complexity index is 895. The zero-order valence-electron chi connectivity index (χ0n) is 16.2. The Morgan fingerprint density at radius 1 is 0.923 bits per heavy atom. The molecule has 0 radical (unpaired) electrons. The maximum absolute atomic E-state index is 4.38. The quantitative estimate of drug-likeness (QED) is 0.467. The van der Waals surface area contributed by atoms with Crippen molar-refractivity contribution >= 4 is 11.9 Å². The molecule has 0 aliphatic heterocycles. The lowest BCUT2D eigenvalue weighted by molar-refractivity contribution is 0.590. The van der Waals surface area contributed by atoms with Gasteiger partial charge in [-0.05, 0) is 55.2 Å². The van der Waals surface area contributed by atoms with Gasteiger partial charge >= 0.3 is 0 Å². The minimum absolute atomic E-state index is 0.167. The number of rotatable bonds is 4. The van der Waals surface area contributed by atoms with Crippen LogP contribution in [0.1, 0.15) is 43.3 Å². The first kappa shape index (κ1) is 18.0. The van der Waals surface area contributed by atoms with Crippen molar-refractivity contribution in [3.63, 3.8) is 0 Å².